The monoisotopic (exact) mass is 226 g/mol. The molecular formula is C13H26N2O. The van der Waals surface area contributed by atoms with Gasteiger partial charge >= 0.3 is 0 Å². The smallest absolute Gasteiger partial charge is 0.240 e. The van der Waals surface area contributed by atoms with Crippen molar-refractivity contribution in [1.82, 2.24) is 5.32 Å². The molecule has 94 valence electrons. The molecule has 0 aromatic carbocycles. The first-order valence-corrected chi connectivity index (χ1v) is 6.40. The summed E-state index contributed by atoms with van der Waals surface area (Å²) in [5.41, 5.74) is 5.46. The average molecular weight is 226 g/mol. The molecule has 0 bridgehead atoms. The Hall–Kier alpha value is -0.570. The minimum absolute atomic E-state index is 0.0332. The van der Waals surface area contributed by atoms with Crippen LogP contribution in [0.25, 0.3) is 0 Å². The van der Waals surface area contributed by atoms with E-state index in [1.54, 1.807) is 0 Å². The fourth-order valence-corrected chi connectivity index (χ4v) is 2.32. The Morgan fingerprint density at radius 1 is 1.56 bits per heavy atom. The lowest BCUT2D eigenvalue weighted by atomic mass is 9.76. The maximum atomic E-state index is 12.2. The van der Waals surface area contributed by atoms with E-state index in [0.29, 0.717) is 5.92 Å². The second kappa shape index (κ2) is 4.74. The standard InChI is InChI=1S/C13H26N2O/c1-5-12(3,4)15-11(16)13(14)8-6-7-10(2)9-13/h10H,5-9,14H2,1-4H3,(H,15,16). The minimum atomic E-state index is -0.635. The molecule has 3 N–H and O–H groups in total. The van der Waals surface area contributed by atoms with Gasteiger partial charge in [0.05, 0.1) is 5.54 Å². The molecule has 1 fully saturated rings. The third-order valence-electron chi connectivity index (χ3n) is 3.82. The molecule has 0 aromatic heterocycles. The first-order valence-electron chi connectivity index (χ1n) is 6.40. The highest BCUT2D eigenvalue weighted by Gasteiger charge is 2.39. The molecule has 1 aliphatic carbocycles. The highest BCUT2D eigenvalue weighted by Crippen LogP contribution is 2.31. The third-order valence-corrected chi connectivity index (χ3v) is 3.82. The predicted molar refractivity (Wildman–Crippen MR) is 67.1 cm³/mol. The fraction of sp³-hybridized carbons (Fsp3) is 0.923. The maximum Gasteiger partial charge on any atom is 0.240 e. The Morgan fingerprint density at radius 2 is 2.19 bits per heavy atom. The van der Waals surface area contributed by atoms with Crippen molar-refractivity contribution in [2.45, 2.75) is 70.9 Å². The van der Waals surface area contributed by atoms with E-state index in [-0.39, 0.29) is 11.4 Å². The van der Waals surface area contributed by atoms with Crippen molar-refractivity contribution in [3.05, 3.63) is 0 Å². The van der Waals surface area contributed by atoms with E-state index in [9.17, 15) is 4.79 Å². The number of carbonyl (C=O) groups is 1. The van der Waals surface area contributed by atoms with Gasteiger partial charge in [0.2, 0.25) is 5.91 Å². The van der Waals surface area contributed by atoms with E-state index >= 15 is 0 Å². The number of nitrogens with two attached hydrogens (primary N) is 1. The van der Waals surface area contributed by atoms with Crippen LogP contribution in [0, 0.1) is 5.92 Å². The van der Waals surface area contributed by atoms with Crippen LogP contribution in [-0.2, 0) is 4.79 Å². The van der Waals surface area contributed by atoms with E-state index in [1.165, 1.54) is 6.42 Å². The number of rotatable bonds is 3. The van der Waals surface area contributed by atoms with Crippen molar-refractivity contribution < 1.29 is 4.79 Å². The van der Waals surface area contributed by atoms with Crippen LogP contribution >= 0.6 is 0 Å². The fourth-order valence-electron chi connectivity index (χ4n) is 2.32. The molecule has 2 unspecified atom stereocenters. The second-order valence-corrected chi connectivity index (χ2v) is 6.05. The zero-order chi connectivity index (χ0) is 12.4. The van der Waals surface area contributed by atoms with Gasteiger partial charge in [-0.25, -0.2) is 0 Å². The molecule has 1 amide bonds. The van der Waals surface area contributed by atoms with Crippen LogP contribution < -0.4 is 11.1 Å². The first-order chi connectivity index (χ1) is 7.29. The van der Waals surface area contributed by atoms with Crippen molar-refractivity contribution in [1.29, 1.82) is 0 Å². The number of nitrogens with one attached hydrogen (secondary N) is 1. The summed E-state index contributed by atoms with van der Waals surface area (Å²) >= 11 is 0. The van der Waals surface area contributed by atoms with E-state index in [2.05, 4.69) is 19.2 Å². The quantitative estimate of drug-likeness (QED) is 0.775. The summed E-state index contributed by atoms with van der Waals surface area (Å²) in [7, 11) is 0. The summed E-state index contributed by atoms with van der Waals surface area (Å²) in [5.74, 6) is 0.597. The van der Waals surface area contributed by atoms with Gasteiger partial charge in [-0.2, -0.15) is 0 Å². The molecule has 2 atom stereocenters. The summed E-state index contributed by atoms with van der Waals surface area (Å²) in [6, 6.07) is 0. The predicted octanol–water partition coefficient (Wildman–Crippen LogP) is 2.20. The van der Waals surface area contributed by atoms with E-state index in [4.69, 9.17) is 5.73 Å². The zero-order valence-electron chi connectivity index (χ0n) is 11.1. The molecule has 0 spiro atoms. The number of hydrogen-bond acceptors (Lipinski definition) is 2. The Bertz CT molecular complexity index is 263. The Balaban J connectivity index is 2.65. The highest BCUT2D eigenvalue weighted by atomic mass is 16.2. The largest absolute Gasteiger partial charge is 0.350 e. The SMILES string of the molecule is CCC(C)(C)NC(=O)C1(N)CCCC(C)C1. The van der Waals surface area contributed by atoms with Crippen molar-refractivity contribution in [3.8, 4) is 0 Å². The van der Waals surface area contributed by atoms with Gasteiger partial charge in [0.25, 0.3) is 0 Å². The van der Waals surface area contributed by atoms with Crippen LogP contribution in [0.2, 0.25) is 0 Å². The van der Waals surface area contributed by atoms with Crippen molar-refractivity contribution in [3.63, 3.8) is 0 Å². The lowest BCUT2D eigenvalue weighted by Gasteiger charge is -2.38. The molecular weight excluding hydrogens is 200 g/mol. The van der Waals surface area contributed by atoms with Gasteiger partial charge < -0.3 is 11.1 Å². The molecule has 0 aliphatic heterocycles. The summed E-state index contributed by atoms with van der Waals surface area (Å²) < 4.78 is 0. The molecule has 1 aliphatic rings. The number of carbonyl (C=O) groups excluding carboxylic acids is 1. The van der Waals surface area contributed by atoms with E-state index < -0.39 is 5.54 Å². The van der Waals surface area contributed by atoms with Gasteiger partial charge in [-0.15, -0.1) is 0 Å². The van der Waals surface area contributed by atoms with Crippen LogP contribution in [0.4, 0.5) is 0 Å². The minimum Gasteiger partial charge on any atom is -0.350 e. The van der Waals surface area contributed by atoms with Crippen LogP contribution in [-0.4, -0.2) is 17.0 Å². The van der Waals surface area contributed by atoms with Crippen LogP contribution in [0.5, 0.6) is 0 Å². The summed E-state index contributed by atoms with van der Waals surface area (Å²) in [6.45, 7) is 8.34. The normalized spacial score (nSPS) is 31.2. The Labute approximate surface area is 99.2 Å². The zero-order valence-corrected chi connectivity index (χ0v) is 11.1. The Kier molecular flexibility index (Phi) is 4.00. The summed E-state index contributed by atoms with van der Waals surface area (Å²) in [5, 5.41) is 3.07. The van der Waals surface area contributed by atoms with Gasteiger partial charge in [-0.1, -0.05) is 26.7 Å². The first kappa shape index (κ1) is 13.5. The van der Waals surface area contributed by atoms with Gasteiger partial charge in [-0.05, 0) is 39.0 Å². The van der Waals surface area contributed by atoms with Crippen LogP contribution in [0.15, 0.2) is 0 Å². The Morgan fingerprint density at radius 3 is 2.69 bits per heavy atom. The molecule has 0 radical (unpaired) electrons. The van der Waals surface area contributed by atoms with Gasteiger partial charge in [0.1, 0.15) is 0 Å². The summed E-state index contributed by atoms with van der Waals surface area (Å²) in [6.07, 6.45) is 4.83. The number of hydrogen-bond donors (Lipinski definition) is 2. The van der Waals surface area contributed by atoms with Gasteiger partial charge in [0, 0.05) is 5.54 Å². The molecule has 0 saturated heterocycles. The van der Waals surface area contributed by atoms with Gasteiger partial charge in [-0.3, -0.25) is 4.79 Å². The van der Waals surface area contributed by atoms with Crippen molar-refractivity contribution in [2.24, 2.45) is 11.7 Å². The van der Waals surface area contributed by atoms with Crippen LogP contribution in [0.3, 0.4) is 0 Å². The highest BCUT2D eigenvalue weighted by molar-refractivity contribution is 5.86. The maximum absolute atomic E-state index is 12.2. The molecule has 0 aromatic rings. The molecule has 0 heterocycles. The van der Waals surface area contributed by atoms with Crippen molar-refractivity contribution in [2.75, 3.05) is 0 Å². The van der Waals surface area contributed by atoms with Crippen molar-refractivity contribution >= 4 is 5.91 Å². The number of amides is 1. The molecule has 3 nitrogen and oxygen atoms in total. The molecule has 1 rings (SSSR count). The van der Waals surface area contributed by atoms with E-state index in [1.807, 2.05) is 13.8 Å². The topological polar surface area (TPSA) is 55.1 Å². The van der Waals surface area contributed by atoms with Gasteiger partial charge in [0.15, 0.2) is 0 Å². The summed E-state index contributed by atoms with van der Waals surface area (Å²) in [4.78, 5) is 12.2. The molecule has 1 saturated carbocycles. The third kappa shape index (κ3) is 3.21. The lowest BCUT2D eigenvalue weighted by Crippen LogP contribution is -2.60. The lowest BCUT2D eigenvalue weighted by molar-refractivity contribution is -0.129. The van der Waals surface area contributed by atoms with E-state index in [0.717, 1.165) is 25.7 Å². The second-order valence-electron chi connectivity index (χ2n) is 6.05. The average Bonchev–Trinajstić information content (AvgIpc) is 2.16. The van der Waals surface area contributed by atoms with Crippen LogP contribution in [0.1, 0.15) is 59.8 Å². The molecule has 3 heteroatoms. The molecule has 16 heavy (non-hydrogen) atoms.